The fourth-order valence-electron chi connectivity index (χ4n) is 2.68. The van der Waals surface area contributed by atoms with Crippen LogP contribution in [0.4, 0.5) is 0 Å². The van der Waals surface area contributed by atoms with Crippen LogP contribution in [-0.4, -0.2) is 56.0 Å². The average Bonchev–Trinajstić information content (AvgIpc) is 2.57. The Bertz CT molecular complexity index is 444. The van der Waals surface area contributed by atoms with E-state index >= 15 is 0 Å². The number of nitrogens with zero attached hydrogens (tertiary/aromatic N) is 2. The van der Waals surface area contributed by atoms with Crippen molar-refractivity contribution in [3.05, 3.63) is 0 Å². The Morgan fingerprint density at radius 1 is 1.40 bits per heavy atom. The van der Waals surface area contributed by atoms with Gasteiger partial charge < -0.3 is 0 Å². The largest absolute Gasteiger partial charge is 0.300 e. The number of nitriles is 1. The Kier molecular flexibility index (Phi) is 6.44. The zero-order chi connectivity index (χ0) is 15.2. The molecule has 5 nitrogen and oxygen atoms in total. The van der Waals surface area contributed by atoms with Crippen molar-refractivity contribution in [1.29, 1.82) is 5.26 Å². The lowest BCUT2D eigenvalue weighted by Crippen LogP contribution is -2.48. The molecule has 2 unspecified atom stereocenters. The number of rotatable bonds is 6. The molecule has 0 aliphatic carbocycles. The Labute approximate surface area is 123 Å². The summed E-state index contributed by atoms with van der Waals surface area (Å²) in [6.07, 6.45) is 2.40. The fraction of sp³-hybridized carbons (Fsp3) is 0.929. The first kappa shape index (κ1) is 17.4. The van der Waals surface area contributed by atoms with Gasteiger partial charge in [-0.2, -0.15) is 5.26 Å². The minimum atomic E-state index is -2.87. The molecular weight excluding hydrogens is 274 g/mol. The first-order chi connectivity index (χ1) is 9.32. The predicted molar refractivity (Wildman–Crippen MR) is 81.2 cm³/mol. The monoisotopic (exact) mass is 301 g/mol. The number of hydrogen-bond acceptors (Lipinski definition) is 5. The van der Waals surface area contributed by atoms with E-state index in [1.165, 1.54) is 0 Å². The summed E-state index contributed by atoms with van der Waals surface area (Å²) in [5.41, 5.74) is -0.541. The molecule has 0 saturated carbocycles. The van der Waals surface area contributed by atoms with Crippen LogP contribution in [0.5, 0.6) is 0 Å². The van der Waals surface area contributed by atoms with Crippen molar-refractivity contribution < 1.29 is 8.42 Å². The highest BCUT2D eigenvalue weighted by Gasteiger charge is 2.29. The third kappa shape index (κ3) is 5.39. The minimum absolute atomic E-state index is 0.206. The summed E-state index contributed by atoms with van der Waals surface area (Å²) < 4.78 is 23.3. The van der Waals surface area contributed by atoms with Crippen LogP contribution < -0.4 is 5.32 Å². The van der Waals surface area contributed by atoms with Gasteiger partial charge in [0.25, 0.3) is 0 Å². The molecule has 1 N–H and O–H groups in total. The van der Waals surface area contributed by atoms with E-state index in [0.717, 1.165) is 19.5 Å². The zero-order valence-electron chi connectivity index (χ0n) is 12.9. The second-order valence-electron chi connectivity index (χ2n) is 5.97. The first-order valence-corrected chi connectivity index (χ1v) is 9.25. The van der Waals surface area contributed by atoms with Gasteiger partial charge in [-0.05, 0) is 46.2 Å². The molecule has 0 spiro atoms. The summed E-state index contributed by atoms with van der Waals surface area (Å²) >= 11 is 0. The molecule has 0 bridgehead atoms. The molecular formula is C14H27N3O2S. The minimum Gasteiger partial charge on any atom is -0.300 e. The van der Waals surface area contributed by atoms with Crippen LogP contribution in [-0.2, 0) is 9.84 Å². The molecule has 1 aliphatic rings. The lowest BCUT2D eigenvalue weighted by atomic mass is 9.94. The molecule has 1 saturated heterocycles. The highest BCUT2D eigenvalue weighted by Crippen LogP contribution is 2.18. The van der Waals surface area contributed by atoms with E-state index < -0.39 is 15.4 Å². The van der Waals surface area contributed by atoms with Gasteiger partial charge in [-0.1, -0.05) is 6.92 Å². The fourth-order valence-corrected chi connectivity index (χ4v) is 3.96. The summed E-state index contributed by atoms with van der Waals surface area (Å²) in [4.78, 5) is 2.20. The molecule has 20 heavy (non-hydrogen) atoms. The van der Waals surface area contributed by atoms with Crippen molar-refractivity contribution in [2.75, 3.05) is 31.1 Å². The van der Waals surface area contributed by atoms with Gasteiger partial charge in [0, 0.05) is 12.6 Å². The lowest BCUT2D eigenvalue weighted by Gasteiger charge is -2.33. The predicted octanol–water partition coefficient (Wildman–Crippen LogP) is 1.17. The van der Waals surface area contributed by atoms with Gasteiger partial charge in [-0.3, -0.25) is 10.2 Å². The van der Waals surface area contributed by atoms with Gasteiger partial charge in [0.15, 0.2) is 9.84 Å². The van der Waals surface area contributed by atoms with E-state index in [-0.39, 0.29) is 11.8 Å². The number of sulfone groups is 1. The molecule has 1 heterocycles. The zero-order valence-corrected chi connectivity index (χ0v) is 13.7. The Morgan fingerprint density at radius 2 is 2.10 bits per heavy atom. The first-order valence-electron chi connectivity index (χ1n) is 7.42. The Balaban J connectivity index is 2.61. The van der Waals surface area contributed by atoms with E-state index in [1.54, 1.807) is 0 Å². The van der Waals surface area contributed by atoms with Crippen LogP contribution in [0.2, 0.25) is 0 Å². The van der Waals surface area contributed by atoms with Crippen molar-refractivity contribution in [1.82, 2.24) is 10.2 Å². The van der Waals surface area contributed by atoms with Gasteiger partial charge in [0.05, 0.1) is 17.6 Å². The third-order valence-corrected chi connectivity index (χ3v) is 5.64. The van der Waals surface area contributed by atoms with E-state index in [9.17, 15) is 13.7 Å². The van der Waals surface area contributed by atoms with Crippen LogP contribution in [0.25, 0.3) is 0 Å². The molecule has 0 radical (unpaired) electrons. The standard InChI is InChI=1S/C14H27N3O2S/c1-4-6-16-14(3,12-15)11-13(2)17-7-5-9-20(18,19)10-8-17/h13,16H,4-11H2,1-3H3. The summed E-state index contributed by atoms with van der Waals surface area (Å²) in [5, 5.41) is 12.7. The van der Waals surface area contributed by atoms with Crippen LogP contribution in [0.15, 0.2) is 0 Å². The van der Waals surface area contributed by atoms with Gasteiger partial charge in [0.1, 0.15) is 5.54 Å². The van der Waals surface area contributed by atoms with Crippen LogP contribution in [0, 0.1) is 11.3 Å². The summed E-state index contributed by atoms with van der Waals surface area (Å²) in [6, 6.07) is 2.56. The molecule has 0 amide bonds. The maximum atomic E-state index is 11.6. The molecule has 0 aromatic carbocycles. The quantitative estimate of drug-likeness (QED) is 0.797. The van der Waals surface area contributed by atoms with E-state index in [0.29, 0.717) is 25.1 Å². The molecule has 1 fully saturated rings. The summed E-state index contributed by atoms with van der Waals surface area (Å²) in [5.74, 6) is 0.531. The van der Waals surface area contributed by atoms with E-state index in [4.69, 9.17) is 0 Å². The molecule has 1 aliphatic heterocycles. The van der Waals surface area contributed by atoms with Crippen LogP contribution >= 0.6 is 0 Å². The normalized spacial score (nSPS) is 24.3. The Morgan fingerprint density at radius 3 is 2.70 bits per heavy atom. The van der Waals surface area contributed by atoms with E-state index in [2.05, 4.69) is 30.1 Å². The van der Waals surface area contributed by atoms with Gasteiger partial charge in [-0.25, -0.2) is 8.42 Å². The van der Waals surface area contributed by atoms with Crippen LogP contribution in [0.3, 0.4) is 0 Å². The number of hydrogen-bond donors (Lipinski definition) is 1. The topological polar surface area (TPSA) is 73.2 Å². The summed E-state index contributed by atoms with van der Waals surface area (Å²) in [7, 11) is -2.87. The summed E-state index contributed by atoms with van der Waals surface area (Å²) in [6.45, 7) is 8.29. The molecule has 0 aromatic heterocycles. The molecule has 116 valence electrons. The van der Waals surface area contributed by atoms with Crippen molar-refractivity contribution in [3.63, 3.8) is 0 Å². The van der Waals surface area contributed by atoms with Gasteiger partial charge in [-0.15, -0.1) is 0 Å². The van der Waals surface area contributed by atoms with Crippen molar-refractivity contribution in [2.24, 2.45) is 0 Å². The van der Waals surface area contributed by atoms with Crippen molar-refractivity contribution in [2.45, 2.75) is 51.6 Å². The molecule has 0 aromatic rings. The third-order valence-electron chi connectivity index (χ3n) is 3.93. The smallest absolute Gasteiger partial charge is 0.151 e. The van der Waals surface area contributed by atoms with E-state index in [1.807, 2.05) is 6.92 Å². The van der Waals surface area contributed by atoms with Gasteiger partial charge >= 0.3 is 0 Å². The van der Waals surface area contributed by atoms with Crippen molar-refractivity contribution in [3.8, 4) is 6.07 Å². The second-order valence-corrected chi connectivity index (χ2v) is 8.27. The lowest BCUT2D eigenvalue weighted by molar-refractivity contribution is 0.188. The molecule has 1 rings (SSSR count). The molecule has 2 atom stereocenters. The number of nitrogens with one attached hydrogen (secondary N) is 1. The molecule has 6 heteroatoms. The van der Waals surface area contributed by atoms with Crippen molar-refractivity contribution >= 4 is 9.84 Å². The highest BCUT2D eigenvalue weighted by atomic mass is 32.2. The maximum Gasteiger partial charge on any atom is 0.151 e. The van der Waals surface area contributed by atoms with Gasteiger partial charge in [0.2, 0.25) is 0 Å². The second kappa shape index (κ2) is 7.39. The maximum absolute atomic E-state index is 11.6. The Hall–Kier alpha value is -0.640. The average molecular weight is 301 g/mol. The highest BCUT2D eigenvalue weighted by molar-refractivity contribution is 7.91. The van der Waals surface area contributed by atoms with Crippen LogP contribution in [0.1, 0.15) is 40.0 Å². The SMILES string of the molecule is CCCNC(C)(C#N)CC(C)N1CCCS(=O)(=O)CC1.